The Hall–Kier alpha value is -1.13. The molecule has 1 aromatic carbocycles. The van der Waals surface area contributed by atoms with Crippen LogP contribution in [0, 0.1) is 0 Å². The summed E-state index contributed by atoms with van der Waals surface area (Å²) in [6.45, 7) is 0. The first-order valence-electron chi connectivity index (χ1n) is 4.43. The van der Waals surface area contributed by atoms with Gasteiger partial charge >= 0.3 is 0 Å². The van der Waals surface area contributed by atoms with E-state index in [1.54, 1.807) is 11.3 Å². The molecule has 2 nitrogen and oxygen atoms in total. The SMILES string of the molecule is Brc1ccsc1/C=N/Nc1ccccc1. The molecule has 0 aliphatic rings. The Bertz CT molecular complexity index is 451. The van der Waals surface area contributed by atoms with Gasteiger partial charge in [0.05, 0.1) is 16.8 Å². The third-order valence-corrected chi connectivity index (χ3v) is 3.60. The van der Waals surface area contributed by atoms with Crippen molar-refractivity contribution in [2.24, 2.45) is 5.10 Å². The van der Waals surface area contributed by atoms with Gasteiger partial charge in [-0.15, -0.1) is 11.3 Å². The van der Waals surface area contributed by atoms with Gasteiger partial charge in [-0.3, -0.25) is 5.43 Å². The molecule has 0 atom stereocenters. The second kappa shape index (κ2) is 5.09. The van der Waals surface area contributed by atoms with Gasteiger partial charge in [-0.2, -0.15) is 5.10 Å². The molecule has 0 radical (unpaired) electrons. The number of halogens is 1. The average molecular weight is 281 g/mol. The highest BCUT2D eigenvalue weighted by Gasteiger charge is 1.95. The molecule has 0 aliphatic heterocycles. The Morgan fingerprint density at radius 1 is 1.20 bits per heavy atom. The zero-order chi connectivity index (χ0) is 10.5. The zero-order valence-corrected chi connectivity index (χ0v) is 10.3. The van der Waals surface area contributed by atoms with E-state index >= 15 is 0 Å². The summed E-state index contributed by atoms with van der Waals surface area (Å²) in [5.74, 6) is 0. The monoisotopic (exact) mass is 280 g/mol. The fourth-order valence-corrected chi connectivity index (χ4v) is 2.41. The molecule has 0 saturated carbocycles. The van der Waals surface area contributed by atoms with Crippen LogP contribution in [0.4, 0.5) is 5.69 Å². The molecule has 0 saturated heterocycles. The minimum Gasteiger partial charge on any atom is -0.278 e. The summed E-state index contributed by atoms with van der Waals surface area (Å²) < 4.78 is 1.08. The van der Waals surface area contributed by atoms with E-state index < -0.39 is 0 Å². The summed E-state index contributed by atoms with van der Waals surface area (Å²) in [4.78, 5) is 1.11. The third-order valence-electron chi connectivity index (χ3n) is 1.79. The van der Waals surface area contributed by atoms with Crippen molar-refractivity contribution in [1.29, 1.82) is 0 Å². The molecule has 0 unspecified atom stereocenters. The van der Waals surface area contributed by atoms with E-state index in [1.165, 1.54) is 0 Å². The molecule has 1 aromatic heterocycles. The molecule has 0 bridgehead atoms. The van der Waals surface area contributed by atoms with Crippen LogP contribution >= 0.6 is 27.3 Å². The van der Waals surface area contributed by atoms with Gasteiger partial charge in [0, 0.05) is 4.47 Å². The van der Waals surface area contributed by atoms with E-state index in [2.05, 4.69) is 26.5 Å². The number of hydrogen-bond donors (Lipinski definition) is 1. The Kier molecular flexibility index (Phi) is 3.53. The average Bonchev–Trinajstić information content (AvgIpc) is 2.66. The molecule has 2 aromatic rings. The summed E-state index contributed by atoms with van der Waals surface area (Å²) in [6, 6.07) is 11.9. The number of benzene rings is 1. The highest BCUT2D eigenvalue weighted by molar-refractivity contribution is 9.10. The highest BCUT2D eigenvalue weighted by Crippen LogP contribution is 2.20. The molecule has 15 heavy (non-hydrogen) atoms. The molecular weight excluding hydrogens is 272 g/mol. The summed E-state index contributed by atoms with van der Waals surface area (Å²) >= 11 is 5.09. The van der Waals surface area contributed by atoms with E-state index in [-0.39, 0.29) is 0 Å². The first-order chi connectivity index (χ1) is 7.36. The van der Waals surface area contributed by atoms with Crippen molar-refractivity contribution in [3.8, 4) is 0 Å². The lowest BCUT2D eigenvalue weighted by molar-refractivity contribution is 1.35. The Morgan fingerprint density at radius 3 is 2.67 bits per heavy atom. The summed E-state index contributed by atoms with van der Waals surface area (Å²) in [5.41, 5.74) is 3.95. The largest absolute Gasteiger partial charge is 0.278 e. The molecule has 76 valence electrons. The molecule has 2 rings (SSSR count). The predicted octanol–water partition coefficient (Wildman–Crippen LogP) is 3.96. The van der Waals surface area contributed by atoms with Crippen LogP contribution < -0.4 is 5.43 Å². The maximum absolute atomic E-state index is 4.15. The van der Waals surface area contributed by atoms with Crippen LogP contribution in [0.3, 0.4) is 0 Å². The minimum atomic E-state index is 0.987. The fourth-order valence-electron chi connectivity index (χ4n) is 1.08. The van der Waals surface area contributed by atoms with E-state index in [1.807, 2.05) is 48.0 Å². The molecule has 1 N–H and O–H groups in total. The van der Waals surface area contributed by atoms with Crippen molar-refractivity contribution >= 4 is 39.2 Å². The van der Waals surface area contributed by atoms with E-state index in [0.717, 1.165) is 15.0 Å². The second-order valence-corrected chi connectivity index (χ2v) is 4.67. The highest BCUT2D eigenvalue weighted by atomic mass is 79.9. The van der Waals surface area contributed by atoms with E-state index in [4.69, 9.17) is 0 Å². The number of nitrogens with zero attached hydrogens (tertiary/aromatic N) is 1. The van der Waals surface area contributed by atoms with Crippen molar-refractivity contribution < 1.29 is 0 Å². The number of rotatable bonds is 3. The summed E-state index contributed by atoms with van der Waals surface area (Å²) in [7, 11) is 0. The first kappa shape index (κ1) is 10.4. The third kappa shape index (κ3) is 2.91. The number of hydrogen-bond acceptors (Lipinski definition) is 3. The minimum absolute atomic E-state index is 0.987. The van der Waals surface area contributed by atoms with Crippen LogP contribution in [0.2, 0.25) is 0 Å². The van der Waals surface area contributed by atoms with Crippen LogP contribution in [-0.4, -0.2) is 6.21 Å². The van der Waals surface area contributed by atoms with Gasteiger partial charge in [0.2, 0.25) is 0 Å². The molecule has 0 fully saturated rings. The normalized spacial score (nSPS) is 10.7. The lowest BCUT2D eigenvalue weighted by Crippen LogP contribution is -1.88. The fraction of sp³-hybridized carbons (Fsp3) is 0. The van der Waals surface area contributed by atoms with Gasteiger partial charge < -0.3 is 0 Å². The van der Waals surface area contributed by atoms with Crippen molar-refractivity contribution in [3.05, 3.63) is 51.1 Å². The standard InChI is InChI=1S/C11H9BrN2S/c12-10-6-7-15-11(10)8-13-14-9-4-2-1-3-5-9/h1-8,14H/b13-8+. The predicted molar refractivity (Wildman–Crippen MR) is 69.7 cm³/mol. The summed E-state index contributed by atoms with van der Waals surface area (Å²) in [5, 5.41) is 6.17. The van der Waals surface area contributed by atoms with Gasteiger partial charge in [-0.1, -0.05) is 18.2 Å². The molecular formula is C11H9BrN2S. The zero-order valence-electron chi connectivity index (χ0n) is 7.85. The lowest BCUT2D eigenvalue weighted by Gasteiger charge is -1.97. The van der Waals surface area contributed by atoms with Gasteiger partial charge in [0.25, 0.3) is 0 Å². The van der Waals surface area contributed by atoms with Crippen LogP contribution in [0.15, 0.2) is 51.4 Å². The van der Waals surface area contributed by atoms with Crippen LogP contribution in [0.1, 0.15) is 4.88 Å². The second-order valence-electron chi connectivity index (χ2n) is 2.87. The maximum Gasteiger partial charge on any atom is 0.0656 e. The molecule has 0 amide bonds. The number of para-hydroxylation sites is 1. The number of anilines is 1. The van der Waals surface area contributed by atoms with Crippen LogP contribution in [0.25, 0.3) is 0 Å². The molecule has 1 heterocycles. The number of hydrazone groups is 1. The molecule has 0 spiro atoms. The topological polar surface area (TPSA) is 24.4 Å². The maximum atomic E-state index is 4.15. The summed E-state index contributed by atoms with van der Waals surface area (Å²) in [6.07, 6.45) is 1.81. The van der Waals surface area contributed by atoms with Crippen LogP contribution in [-0.2, 0) is 0 Å². The van der Waals surface area contributed by atoms with Crippen molar-refractivity contribution in [2.45, 2.75) is 0 Å². The van der Waals surface area contributed by atoms with Crippen molar-refractivity contribution in [1.82, 2.24) is 0 Å². The Morgan fingerprint density at radius 2 is 2.00 bits per heavy atom. The lowest BCUT2D eigenvalue weighted by atomic mass is 10.3. The van der Waals surface area contributed by atoms with Gasteiger partial charge in [-0.25, -0.2) is 0 Å². The molecule has 4 heteroatoms. The van der Waals surface area contributed by atoms with Crippen molar-refractivity contribution in [3.63, 3.8) is 0 Å². The quantitative estimate of drug-likeness (QED) is 0.668. The van der Waals surface area contributed by atoms with Gasteiger partial charge in [-0.05, 0) is 39.5 Å². The first-order valence-corrected chi connectivity index (χ1v) is 6.10. The number of thiophene rings is 1. The van der Waals surface area contributed by atoms with Gasteiger partial charge in [0.15, 0.2) is 0 Å². The molecule has 0 aliphatic carbocycles. The Balaban J connectivity index is 2.00. The number of nitrogens with one attached hydrogen (secondary N) is 1. The van der Waals surface area contributed by atoms with Crippen molar-refractivity contribution in [2.75, 3.05) is 5.43 Å². The smallest absolute Gasteiger partial charge is 0.0656 e. The van der Waals surface area contributed by atoms with Crippen LogP contribution in [0.5, 0.6) is 0 Å². The Labute approximate surface area is 101 Å². The van der Waals surface area contributed by atoms with Gasteiger partial charge in [0.1, 0.15) is 0 Å². The van der Waals surface area contributed by atoms with E-state index in [9.17, 15) is 0 Å². The van der Waals surface area contributed by atoms with E-state index in [0.29, 0.717) is 0 Å².